The van der Waals surface area contributed by atoms with Crippen molar-refractivity contribution in [2.75, 3.05) is 5.32 Å². The lowest BCUT2D eigenvalue weighted by molar-refractivity contribution is 0.667. The lowest BCUT2D eigenvalue weighted by Crippen LogP contribution is -2.37. The van der Waals surface area contributed by atoms with Gasteiger partial charge in [-0.3, -0.25) is 0 Å². The molecule has 264 valence electrons. The maximum absolute atomic E-state index is 7.00. The lowest BCUT2D eigenvalue weighted by Gasteiger charge is -2.45. The van der Waals surface area contributed by atoms with E-state index in [1.165, 1.54) is 96.7 Å². The van der Waals surface area contributed by atoms with Gasteiger partial charge in [0.05, 0.1) is 22.6 Å². The molecule has 3 aliphatic rings. The molecule has 0 saturated carbocycles. The van der Waals surface area contributed by atoms with E-state index < -0.39 is 10.0 Å². The Labute approximate surface area is 330 Å². The number of furan rings is 1. The highest BCUT2D eigenvalue weighted by atomic mass is 32.3. The van der Waals surface area contributed by atoms with Crippen LogP contribution in [0.1, 0.15) is 0 Å². The van der Waals surface area contributed by atoms with E-state index in [1.54, 1.807) is 0 Å². The first-order valence-corrected chi connectivity index (χ1v) is 21.3. The largest absolute Gasteiger partial charge is 0.454 e. The van der Waals surface area contributed by atoms with Crippen molar-refractivity contribution in [1.82, 2.24) is 4.57 Å². The van der Waals surface area contributed by atoms with Crippen molar-refractivity contribution in [2.45, 2.75) is 19.6 Å². The van der Waals surface area contributed by atoms with Gasteiger partial charge in [0.1, 0.15) is 5.58 Å². The summed E-state index contributed by atoms with van der Waals surface area (Å²) in [5.41, 5.74) is 15.7. The molecule has 0 fully saturated rings. The molecule has 5 heteroatoms. The fraction of sp³-hybridized carbons (Fsp3) is 0. The zero-order chi connectivity index (χ0) is 37.0. The van der Waals surface area contributed by atoms with Crippen molar-refractivity contribution in [3.63, 3.8) is 0 Å². The van der Waals surface area contributed by atoms with Gasteiger partial charge in [0, 0.05) is 57.6 Å². The quantitative estimate of drug-likeness (QED) is 0.170. The van der Waals surface area contributed by atoms with Gasteiger partial charge in [-0.05, 0) is 70.0 Å². The molecule has 0 amide bonds. The Hall–Kier alpha value is -6.95. The number of hydrogen-bond donors (Lipinski definition) is 1. The number of hydrogen-bond acceptors (Lipinski definition) is 2. The third kappa shape index (κ3) is 3.63. The van der Waals surface area contributed by atoms with E-state index in [1.807, 2.05) is 0 Å². The van der Waals surface area contributed by atoms with Crippen LogP contribution < -0.4 is 16.2 Å². The van der Waals surface area contributed by atoms with Crippen molar-refractivity contribution in [3.8, 4) is 27.9 Å². The number of nitrogens with zero attached hydrogens (tertiary/aromatic N) is 1. The Morgan fingerprint density at radius 3 is 1.98 bits per heavy atom. The lowest BCUT2D eigenvalue weighted by atomic mass is 9.59. The highest BCUT2D eigenvalue weighted by Gasteiger charge is 2.46. The maximum atomic E-state index is 7.00. The van der Waals surface area contributed by atoms with Gasteiger partial charge in [-0.15, -0.1) is 10.0 Å². The number of benzene rings is 9. The minimum Gasteiger partial charge on any atom is -0.454 e. The molecule has 5 heterocycles. The van der Waals surface area contributed by atoms with E-state index in [0.717, 1.165) is 34.9 Å². The highest BCUT2D eigenvalue weighted by molar-refractivity contribution is 8.34. The number of rotatable bonds is 1. The molecule has 0 unspecified atom stereocenters. The molecule has 0 radical (unpaired) electrons. The van der Waals surface area contributed by atoms with E-state index in [4.69, 9.17) is 4.42 Å². The van der Waals surface area contributed by atoms with Gasteiger partial charge in [0.15, 0.2) is 12.9 Å². The van der Waals surface area contributed by atoms with Crippen molar-refractivity contribution in [1.29, 1.82) is 0 Å². The summed E-state index contributed by atoms with van der Waals surface area (Å²) in [5, 5.41) is 11.4. The van der Waals surface area contributed by atoms with E-state index >= 15 is 0 Å². The normalized spacial score (nSPS) is 14.6. The summed E-state index contributed by atoms with van der Waals surface area (Å²) in [6.07, 6.45) is 0. The van der Waals surface area contributed by atoms with Gasteiger partial charge in [-0.1, -0.05) is 139 Å². The number of para-hydroxylation sites is 4. The predicted molar refractivity (Wildman–Crippen MR) is 240 cm³/mol. The number of nitrogens with one attached hydrogen (secondary N) is 1. The zero-order valence-electron chi connectivity index (χ0n) is 30.7. The maximum Gasteiger partial charge on any atom is 0.198 e. The molecule has 0 bridgehead atoms. The second-order valence-corrected chi connectivity index (χ2v) is 18.6. The van der Waals surface area contributed by atoms with Crippen LogP contribution >= 0.6 is 10.0 Å². The molecule has 2 aromatic heterocycles. The van der Waals surface area contributed by atoms with Crippen LogP contribution in [0.25, 0.3) is 82.5 Å². The summed E-state index contributed by atoms with van der Waals surface area (Å²) in [7, 11) is -1.03. The average Bonchev–Trinajstić information content (AvgIpc) is 3.91. The van der Waals surface area contributed by atoms with Crippen LogP contribution in [0.15, 0.2) is 200 Å². The summed E-state index contributed by atoms with van der Waals surface area (Å²) in [6.45, 7) is 0. The Balaban J connectivity index is 1.15. The minimum atomic E-state index is -1.83. The molecule has 9 aromatic carbocycles. The summed E-state index contributed by atoms with van der Waals surface area (Å²) < 4.78 is 9.56. The molecular formula is C52H31BN2OS. The minimum absolute atomic E-state index is 0.799. The first kappa shape index (κ1) is 30.3. The second-order valence-electron chi connectivity index (χ2n) is 15.6. The summed E-state index contributed by atoms with van der Waals surface area (Å²) in [4.78, 5) is 5.56. The topological polar surface area (TPSA) is 30.1 Å². The third-order valence-corrected chi connectivity index (χ3v) is 17.0. The average molecular weight is 743 g/mol. The van der Waals surface area contributed by atoms with Crippen molar-refractivity contribution in [2.24, 2.45) is 0 Å². The van der Waals surface area contributed by atoms with E-state index in [-0.39, 0.29) is 0 Å². The summed E-state index contributed by atoms with van der Waals surface area (Å²) in [6, 6.07) is 65.6. The molecule has 1 N–H and O–H groups in total. The van der Waals surface area contributed by atoms with Gasteiger partial charge in [0.2, 0.25) is 0 Å². The molecule has 57 heavy (non-hydrogen) atoms. The summed E-state index contributed by atoms with van der Waals surface area (Å²) >= 11 is 0. The third-order valence-electron chi connectivity index (χ3n) is 12.9. The van der Waals surface area contributed by atoms with Gasteiger partial charge in [-0.25, -0.2) is 0 Å². The van der Waals surface area contributed by atoms with Crippen LogP contribution in [0.2, 0.25) is 0 Å². The monoisotopic (exact) mass is 742 g/mol. The van der Waals surface area contributed by atoms with Gasteiger partial charge >= 0.3 is 0 Å². The first-order chi connectivity index (χ1) is 28.3. The summed E-state index contributed by atoms with van der Waals surface area (Å²) in [5.74, 6) is 0. The highest BCUT2D eigenvalue weighted by Crippen LogP contribution is 2.83. The zero-order valence-corrected chi connectivity index (χ0v) is 31.5. The van der Waals surface area contributed by atoms with Crippen molar-refractivity contribution >= 4 is 94.1 Å². The molecule has 3 nitrogen and oxygen atoms in total. The predicted octanol–water partition coefficient (Wildman–Crippen LogP) is 12.6. The fourth-order valence-corrected chi connectivity index (χ4v) is 15.2. The Kier molecular flexibility index (Phi) is 5.67. The number of aromatic nitrogens is 1. The number of anilines is 2. The van der Waals surface area contributed by atoms with Crippen LogP contribution in [-0.2, 0) is 0 Å². The second kappa shape index (κ2) is 10.7. The van der Waals surface area contributed by atoms with Gasteiger partial charge in [0.25, 0.3) is 0 Å². The van der Waals surface area contributed by atoms with Crippen LogP contribution in [0, 0.1) is 0 Å². The van der Waals surface area contributed by atoms with Crippen molar-refractivity contribution < 1.29 is 4.42 Å². The molecular weight excluding hydrogens is 711 g/mol. The Morgan fingerprint density at radius 2 is 1.12 bits per heavy atom. The van der Waals surface area contributed by atoms with Crippen LogP contribution in [0.4, 0.5) is 11.4 Å². The Bertz CT molecular complexity index is 3570. The molecule has 0 saturated heterocycles. The van der Waals surface area contributed by atoms with Gasteiger partial charge in [-0.2, -0.15) is 0 Å². The fourth-order valence-electron chi connectivity index (χ4n) is 10.7. The molecule has 3 aliphatic heterocycles. The molecule has 1 spiro atoms. The molecule has 14 rings (SSSR count). The molecule has 11 aromatic rings. The molecule has 0 aliphatic carbocycles. The number of fused-ring (bicyclic) bond motifs is 20. The SMILES string of the molecule is B1c2c(-c3cccc4c3Nc3ccccc3S43c4ccccc4-c4ccccc43)cc3c(oc4ccccc43)c2-n2c3c1cccc3c1ccc3ccccc3c12. The standard InChI is InChI=1S/C52H31BN2OS/c1-2-14-31-30(13-1)27-28-37-36-19-11-20-40-50(36)55(49(31)37)51-47(53-40)38(29-39-32-15-3-7-22-42(32)56-52(39)51)35-18-12-26-46-48(35)54-41-21-6-10-25-45(41)57(46)43-23-8-4-16-33(43)34-17-5-9-24-44(34)57/h1-29,53-54H. The van der Waals surface area contributed by atoms with E-state index in [9.17, 15) is 0 Å². The van der Waals surface area contributed by atoms with Crippen LogP contribution in [-0.4, -0.2) is 11.8 Å². The van der Waals surface area contributed by atoms with Crippen LogP contribution in [0.3, 0.4) is 0 Å². The smallest absolute Gasteiger partial charge is 0.198 e. The van der Waals surface area contributed by atoms with E-state index in [2.05, 4.69) is 186 Å². The molecule has 0 atom stereocenters. The Morgan fingerprint density at radius 1 is 0.474 bits per heavy atom. The van der Waals surface area contributed by atoms with Crippen LogP contribution in [0.5, 0.6) is 0 Å². The first-order valence-electron chi connectivity index (χ1n) is 19.7. The van der Waals surface area contributed by atoms with E-state index in [0.29, 0.717) is 0 Å². The van der Waals surface area contributed by atoms with Crippen molar-refractivity contribution in [3.05, 3.63) is 176 Å². The van der Waals surface area contributed by atoms with Gasteiger partial charge < -0.3 is 14.3 Å².